The van der Waals surface area contributed by atoms with Crippen LogP contribution in [-0.4, -0.2) is 33.7 Å². The van der Waals surface area contributed by atoms with E-state index in [9.17, 15) is 8.42 Å². The summed E-state index contributed by atoms with van der Waals surface area (Å²) in [4.78, 5) is 9.09. The lowest BCUT2D eigenvalue weighted by Gasteiger charge is -2.12. The smallest absolute Gasteiger partial charge is 0.262 e. The molecular formula is C28H28N6O3S. The van der Waals surface area contributed by atoms with Crippen molar-refractivity contribution >= 4 is 15.7 Å². The minimum atomic E-state index is -3.83. The summed E-state index contributed by atoms with van der Waals surface area (Å²) >= 11 is 0. The van der Waals surface area contributed by atoms with Crippen molar-refractivity contribution in [1.29, 1.82) is 0 Å². The SMILES string of the molecule is CCCCc1ccc(NS(=O)(=O)c2cc(-c3nc(Cc4nc(-c5ccccc5)n[nH]4)no3)ccc2C)cc1. The molecule has 5 rings (SSSR count). The predicted octanol–water partition coefficient (Wildman–Crippen LogP) is 5.56. The molecule has 5 aromatic rings. The van der Waals surface area contributed by atoms with E-state index in [4.69, 9.17) is 4.52 Å². The van der Waals surface area contributed by atoms with Crippen LogP contribution in [-0.2, 0) is 22.9 Å². The largest absolute Gasteiger partial charge is 0.334 e. The summed E-state index contributed by atoms with van der Waals surface area (Å²) < 4.78 is 34.6. The van der Waals surface area contributed by atoms with Crippen LogP contribution in [0.15, 0.2) is 82.2 Å². The highest BCUT2D eigenvalue weighted by molar-refractivity contribution is 7.92. The summed E-state index contributed by atoms with van der Waals surface area (Å²) in [5.74, 6) is 1.80. The molecule has 0 aliphatic heterocycles. The second kappa shape index (κ2) is 11.0. The lowest BCUT2D eigenvalue weighted by atomic mass is 10.1. The highest BCUT2D eigenvalue weighted by Gasteiger charge is 2.20. The first-order valence-corrected chi connectivity index (χ1v) is 13.9. The van der Waals surface area contributed by atoms with Crippen LogP contribution in [0.4, 0.5) is 5.69 Å². The van der Waals surface area contributed by atoms with Gasteiger partial charge in [-0.3, -0.25) is 9.82 Å². The summed E-state index contributed by atoms with van der Waals surface area (Å²) in [6.45, 7) is 3.89. The van der Waals surface area contributed by atoms with Gasteiger partial charge < -0.3 is 4.52 Å². The Morgan fingerprint density at radius 3 is 2.50 bits per heavy atom. The van der Waals surface area contributed by atoms with Crippen molar-refractivity contribution in [2.45, 2.75) is 44.4 Å². The van der Waals surface area contributed by atoms with Crippen molar-refractivity contribution in [3.8, 4) is 22.8 Å². The van der Waals surface area contributed by atoms with Crippen LogP contribution in [0.5, 0.6) is 0 Å². The Morgan fingerprint density at radius 1 is 0.947 bits per heavy atom. The third kappa shape index (κ3) is 5.81. The van der Waals surface area contributed by atoms with Gasteiger partial charge in [0.15, 0.2) is 11.6 Å². The molecule has 2 heterocycles. The summed E-state index contributed by atoms with van der Waals surface area (Å²) in [7, 11) is -3.83. The first kappa shape index (κ1) is 25.3. The number of H-pyrrole nitrogens is 1. The van der Waals surface area contributed by atoms with Gasteiger partial charge in [-0.25, -0.2) is 13.4 Å². The molecule has 0 radical (unpaired) electrons. The molecule has 0 aliphatic rings. The maximum absolute atomic E-state index is 13.2. The van der Waals surface area contributed by atoms with Gasteiger partial charge in [-0.15, -0.1) is 0 Å². The molecule has 2 aromatic heterocycles. The van der Waals surface area contributed by atoms with Crippen molar-refractivity contribution in [3.05, 3.63) is 95.6 Å². The Kier molecular flexibility index (Phi) is 7.32. The fraction of sp³-hybridized carbons (Fsp3) is 0.214. The zero-order valence-electron chi connectivity index (χ0n) is 21.2. The van der Waals surface area contributed by atoms with Gasteiger partial charge in [0.25, 0.3) is 15.9 Å². The van der Waals surface area contributed by atoms with Crippen molar-refractivity contribution in [3.63, 3.8) is 0 Å². The number of anilines is 1. The van der Waals surface area contributed by atoms with Crippen molar-refractivity contribution in [2.75, 3.05) is 4.72 Å². The molecule has 0 aliphatic carbocycles. The molecule has 2 N–H and O–H groups in total. The molecule has 0 fully saturated rings. The molecule has 0 bridgehead atoms. The Morgan fingerprint density at radius 2 is 1.74 bits per heavy atom. The van der Waals surface area contributed by atoms with E-state index in [2.05, 4.69) is 37.0 Å². The quantitative estimate of drug-likeness (QED) is 0.243. The number of sulfonamides is 1. The van der Waals surface area contributed by atoms with Crippen molar-refractivity contribution in [2.24, 2.45) is 0 Å². The first-order chi connectivity index (χ1) is 18.4. The fourth-order valence-electron chi connectivity index (χ4n) is 4.04. The molecule has 0 unspecified atom stereocenters. The molecule has 0 saturated heterocycles. The van der Waals surface area contributed by atoms with Crippen LogP contribution in [0.25, 0.3) is 22.8 Å². The number of aromatic nitrogens is 5. The number of hydrogen-bond donors (Lipinski definition) is 2. The fourth-order valence-corrected chi connectivity index (χ4v) is 5.37. The van der Waals surface area contributed by atoms with Gasteiger partial charge >= 0.3 is 0 Å². The van der Waals surface area contributed by atoms with E-state index in [1.54, 1.807) is 37.3 Å². The molecule has 38 heavy (non-hydrogen) atoms. The van der Waals surface area contributed by atoms with Crippen molar-refractivity contribution in [1.82, 2.24) is 25.3 Å². The summed E-state index contributed by atoms with van der Waals surface area (Å²) in [5, 5.41) is 11.2. The maximum atomic E-state index is 13.2. The van der Waals surface area contributed by atoms with Gasteiger partial charge in [-0.1, -0.05) is 67.0 Å². The van der Waals surface area contributed by atoms with Crippen LogP contribution in [0.1, 0.15) is 42.5 Å². The van der Waals surface area contributed by atoms with E-state index in [1.807, 2.05) is 42.5 Å². The van der Waals surface area contributed by atoms with E-state index in [0.29, 0.717) is 34.3 Å². The molecule has 10 heteroatoms. The summed E-state index contributed by atoms with van der Waals surface area (Å²) in [5.41, 5.74) is 3.71. The van der Waals surface area contributed by atoms with E-state index in [1.165, 1.54) is 5.56 Å². The topological polar surface area (TPSA) is 127 Å². The average Bonchev–Trinajstić information content (AvgIpc) is 3.59. The van der Waals surface area contributed by atoms with E-state index in [0.717, 1.165) is 24.8 Å². The lowest BCUT2D eigenvalue weighted by molar-refractivity contribution is 0.423. The molecule has 0 atom stereocenters. The van der Waals surface area contributed by atoms with Crippen LogP contribution >= 0.6 is 0 Å². The second-order valence-electron chi connectivity index (χ2n) is 9.05. The first-order valence-electron chi connectivity index (χ1n) is 12.4. The van der Waals surface area contributed by atoms with Gasteiger partial charge in [-0.05, 0) is 55.2 Å². The molecule has 3 aromatic carbocycles. The zero-order chi connectivity index (χ0) is 26.5. The number of hydrogen-bond acceptors (Lipinski definition) is 7. The van der Waals surface area contributed by atoms with Crippen LogP contribution in [0.2, 0.25) is 0 Å². The van der Waals surface area contributed by atoms with E-state index < -0.39 is 10.0 Å². The van der Waals surface area contributed by atoms with Crippen LogP contribution < -0.4 is 4.72 Å². The Labute approximate surface area is 221 Å². The Balaban J connectivity index is 1.32. The third-order valence-electron chi connectivity index (χ3n) is 6.11. The van der Waals surface area contributed by atoms with Gasteiger partial charge in [0.1, 0.15) is 5.82 Å². The van der Waals surface area contributed by atoms with Crippen molar-refractivity contribution < 1.29 is 12.9 Å². The number of rotatable bonds is 10. The molecule has 9 nitrogen and oxygen atoms in total. The number of aromatic amines is 1. The highest BCUT2D eigenvalue weighted by Crippen LogP contribution is 2.26. The van der Waals surface area contributed by atoms with Crippen LogP contribution in [0.3, 0.4) is 0 Å². The summed E-state index contributed by atoms with van der Waals surface area (Å²) in [6.07, 6.45) is 3.47. The molecule has 0 amide bonds. The lowest BCUT2D eigenvalue weighted by Crippen LogP contribution is -2.14. The summed E-state index contributed by atoms with van der Waals surface area (Å²) in [6, 6.07) is 22.2. The zero-order valence-corrected chi connectivity index (χ0v) is 22.0. The predicted molar refractivity (Wildman–Crippen MR) is 145 cm³/mol. The van der Waals surface area contributed by atoms with Crippen LogP contribution in [0, 0.1) is 6.92 Å². The van der Waals surface area contributed by atoms with Gasteiger partial charge in [-0.2, -0.15) is 10.1 Å². The maximum Gasteiger partial charge on any atom is 0.262 e. The monoisotopic (exact) mass is 528 g/mol. The van der Waals surface area contributed by atoms with Gasteiger partial charge in [0.05, 0.1) is 11.3 Å². The molecular weight excluding hydrogens is 500 g/mol. The normalized spacial score (nSPS) is 11.5. The average molecular weight is 529 g/mol. The minimum Gasteiger partial charge on any atom is -0.334 e. The van der Waals surface area contributed by atoms with Gasteiger partial charge in [0, 0.05) is 16.8 Å². The standard InChI is InChI=1S/C28H28N6O3S/c1-3-4-8-20-12-15-23(16-13-20)34-38(35,36)24-17-22(14-11-19(24)2)28-30-26(33-37-28)18-25-29-27(32-31-25)21-9-6-5-7-10-21/h5-7,9-17,34H,3-4,8,18H2,1-2H3,(H,29,31,32). The highest BCUT2D eigenvalue weighted by atomic mass is 32.2. The minimum absolute atomic E-state index is 0.146. The van der Waals surface area contributed by atoms with Gasteiger partial charge in [0.2, 0.25) is 0 Å². The number of unbranched alkanes of at least 4 members (excludes halogenated alkanes) is 1. The van der Waals surface area contributed by atoms with E-state index in [-0.39, 0.29) is 17.2 Å². The number of nitrogens with zero attached hydrogens (tertiary/aromatic N) is 4. The van der Waals surface area contributed by atoms with E-state index >= 15 is 0 Å². The Bertz CT molecular complexity index is 1630. The number of nitrogens with one attached hydrogen (secondary N) is 2. The number of aryl methyl sites for hydroxylation is 2. The molecule has 0 saturated carbocycles. The Hall–Kier alpha value is -4.31. The molecule has 0 spiro atoms. The molecule has 194 valence electrons. The number of benzene rings is 3. The third-order valence-corrected chi connectivity index (χ3v) is 7.63. The second-order valence-corrected chi connectivity index (χ2v) is 10.7.